The van der Waals surface area contributed by atoms with E-state index in [0.29, 0.717) is 54.2 Å². The molecule has 4 aromatic rings. The molecule has 0 amide bonds. The number of H-pyrrole nitrogens is 1. The van der Waals surface area contributed by atoms with E-state index < -0.39 is 11.6 Å². The van der Waals surface area contributed by atoms with Crippen molar-refractivity contribution in [1.82, 2.24) is 9.97 Å². The Bertz CT molecular complexity index is 1410. The number of hydrogen-bond donors (Lipinski definition) is 1. The number of pyridine rings is 1. The Morgan fingerprint density at radius 3 is 2.81 bits per heavy atom. The second-order valence-corrected chi connectivity index (χ2v) is 7.58. The number of morpholine rings is 1. The molecule has 0 atom stereocenters. The van der Waals surface area contributed by atoms with Gasteiger partial charge in [0.15, 0.2) is 0 Å². The maximum Gasteiger partial charge on any atom is 0.205 e. The van der Waals surface area contributed by atoms with Crippen molar-refractivity contribution in [2.45, 2.75) is 0 Å². The van der Waals surface area contributed by atoms with Gasteiger partial charge in [-0.3, -0.25) is 4.79 Å². The lowest BCUT2D eigenvalue weighted by Crippen LogP contribution is -2.37. The number of aromatic nitrogens is 2. The average Bonchev–Trinajstić information content (AvgIpc) is 3.25. The van der Waals surface area contributed by atoms with E-state index in [2.05, 4.69) is 9.88 Å². The highest BCUT2D eigenvalue weighted by atomic mass is 19.1. The summed E-state index contributed by atoms with van der Waals surface area (Å²) in [6, 6.07) is 15.9. The number of rotatable bonds is 4. The summed E-state index contributed by atoms with van der Waals surface area (Å²) >= 11 is 0. The molecule has 2 aromatic carbocycles. The Kier molecular flexibility index (Phi) is 5.13. The first kappa shape index (κ1) is 19.9. The maximum absolute atomic E-state index is 13.5. The fourth-order valence-corrected chi connectivity index (χ4v) is 3.99. The van der Waals surface area contributed by atoms with Gasteiger partial charge in [-0.25, -0.2) is 9.37 Å². The number of carbonyl (C=O) groups excluding carboxylic acids is 1. The monoisotopic (exact) mass is 426 g/mol. The molecule has 0 radical (unpaired) electrons. The number of benzene rings is 2. The van der Waals surface area contributed by atoms with Gasteiger partial charge in [-0.2, -0.15) is 5.26 Å². The van der Waals surface area contributed by atoms with Crippen LogP contribution in [0.3, 0.4) is 0 Å². The van der Waals surface area contributed by atoms with Crippen LogP contribution in [0.1, 0.15) is 15.9 Å². The van der Waals surface area contributed by atoms with Gasteiger partial charge in [0.25, 0.3) is 0 Å². The smallest absolute Gasteiger partial charge is 0.205 e. The highest BCUT2D eigenvalue weighted by molar-refractivity contribution is 6.20. The van der Waals surface area contributed by atoms with E-state index in [9.17, 15) is 14.4 Å². The highest BCUT2D eigenvalue weighted by Gasteiger charge is 2.20. The minimum Gasteiger partial charge on any atom is -0.378 e. The number of carbonyl (C=O) groups is 1. The third-order valence-electron chi connectivity index (χ3n) is 5.60. The summed E-state index contributed by atoms with van der Waals surface area (Å²) in [5.74, 6) is -0.105. The van der Waals surface area contributed by atoms with Gasteiger partial charge in [-0.05, 0) is 36.4 Å². The number of anilines is 1. The van der Waals surface area contributed by atoms with E-state index in [1.807, 2.05) is 36.4 Å². The van der Waals surface area contributed by atoms with E-state index in [1.54, 1.807) is 12.1 Å². The van der Waals surface area contributed by atoms with Crippen molar-refractivity contribution in [3.63, 3.8) is 0 Å². The fraction of sp³-hybridized carbons (Fsp3) is 0.160. The van der Waals surface area contributed by atoms with E-state index >= 15 is 0 Å². The zero-order valence-corrected chi connectivity index (χ0v) is 17.1. The summed E-state index contributed by atoms with van der Waals surface area (Å²) in [6.45, 7) is 2.53. The molecule has 1 saturated heterocycles. The van der Waals surface area contributed by atoms with E-state index in [0.717, 1.165) is 10.9 Å². The Morgan fingerprint density at radius 1 is 1.19 bits per heavy atom. The highest BCUT2D eigenvalue weighted by Crippen LogP contribution is 2.28. The van der Waals surface area contributed by atoms with Gasteiger partial charge in [0, 0.05) is 46.7 Å². The van der Waals surface area contributed by atoms with Crippen molar-refractivity contribution in [3.8, 4) is 6.07 Å². The van der Waals surface area contributed by atoms with Crippen molar-refractivity contribution in [2.75, 3.05) is 31.2 Å². The number of para-hydroxylation sites is 1. The number of allylic oxidation sites excluding steroid dienone is 1. The van der Waals surface area contributed by atoms with E-state index in [-0.39, 0.29) is 5.57 Å². The second-order valence-electron chi connectivity index (χ2n) is 7.58. The lowest BCUT2D eigenvalue weighted by atomic mass is 10.0. The topological polar surface area (TPSA) is 82.0 Å². The van der Waals surface area contributed by atoms with Crippen LogP contribution in [0.15, 0.2) is 60.3 Å². The van der Waals surface area contributed by atoms with Crippen LogP contribution < -0.4 is 4.90 Å². The van der Waals surface area contributed by atoms with Crippen molar-refractivity contribution in [2.24, 2.45) is 0 Å². The largest absolute Gasteiger partial charge is 0.378 e. The molecular formula is C25H19FN4O2. The predicted octanol–water partition coefficient (Wildman–Crippen LogP) is 4.48. The first-order chi connectivity index (χ1) is 15.6. The van der Waals surface area contributed by atoms with Gasteiger partial charge >= 0.3 is 0 Å². The number of ketones is 1. The molecule has 0 spiro atoms. The van der Waals surface area contributed by atoms with Crippen LogP contribution in [-0.2, 0) is 4.74 Å². The molecule has 7 heteroatoms. The molecule has 0 aliphatic carbocycles. The van der Waals surface area contributed by atoms with Crippen LogP contribution in [0.2, 0.25) is 0 Å². The molecule has 1 aliphatic heterocycles. The minimum absolute atomic E-state index is 0.0122. The van der Waals surface area contributed by atoms with Crippen molar-refractivity contribution < 1.29 is 13.9 Å². The summed E-state index contributed by atoms with van der Waals surface area (Å²) in [5, 5.41) is 11.3. The van der Waals surface area contributed by atoms with Gasteiger partial charge in [0.05, 0.1) is 18.7 Å². The Balaban J connectivity index is 1.62. The Hall–Kier alpha value is -4.02. The molecule has 1 fully saturated rings. The normalized spacial score (nSPS) is 14.6. The zero-order chi connectivity index (χ0) is 22.1. The van der Waals surface area contributed by atoms with Gasteiger partial charge in [0.1, 0.15) is 23.3 Å². The first-order valence-electron chi connectivity index (χ1n) is 10.3. The standard InChI is InChI=1S/C25H19FN4O2/c26-19-5-6-20-21(15-28-23(20)13-19)24(31)18(14-27)12-17-11-16-3-1-2-4-22(16)29-25(17)30-7-9-32-10-8-30/h1-6,11-13,15,28H,7-10H2. The Labute approximate surface area is 183 Å². The number of fused-ring (bicyclic) bond motifs is 2. The average molecular weight is 426 g/mol. The third-order valence-corrected chi connectivity index (χ3v) is 5.60. The summed E-state index contributed by atoms with van der Waals surface area (Å²) in [6.07, 6.45) is 3.11. The van der Waals surface area contributed by atoms with Gasteiger partial charge in [0.2, 0.25) is 5.78 Å². The number of aromatic amines is 1. The Morgan fingerprint density at radius 2 is 2.00 bits per heavy atom. The molecule has 158 valence electrons. The molecule has 1 N–H and O–H groups in total. The van der Waals surface area contributed by atoms with Crippen molar-refractivity contribution in [1.29, 1.82) is 5.26 Å². The van der Waals surface area contributed by atoms with Crippen LogP contribution in [0.25, 0.3) is 27.9 Å². The van der Waals surface area contributed by atoms with Crippen molar-refractivity contribution in [3.05, 3.63) is 77.2 Å². The zero-order valence-electron chi connectivity index (χ0n) is 17.1. The van der Waals surface area contributed by atoms with Crippen LogP contribution in [0.5, 0.6) is 0 Å². The molecule has 3 heterocycles. The first-order valence-corrected chi connectivity index (χ1v) is 10.3. The van der Waals surface area contributed by atoms with Crippen LogP contribution in [-0.4, -0.2) is 42.1 Å². The lowest BCUT2D eigenvalue weighted by Gasteiger charge is -2.29. The number of nitrogens with one attached hydrogen (secondary N) is 1. The summed E-state index contributed by atoms with van der Waals surface area (Å²) in [7, 11) is 0. The quantitative estimate of drug-likeness (QED) is 0.296. The molecule has 32 heavy (non-hydrogen) atoms. The molecule has 2 aromatic heterocycles. The maximum atomic E-state index is 13.5. The molecule has 5 rings (SSSR count). The SMILES string of the molecule is N#CC(=Cc1cc2ccccc2nc1N1CCOCC1)C(=O)c1c[nH]c2cc(F)ccc12. The van der Waals surface area contributed by atoms with Gasteiger partial charge in [-0.1, -0.05) is 18.2 Å². The summed E-state index contributed by atoms with van der Waals surface area (Å²) in [4.78, 5) is 23.1. The fourth-order valence-electron chi connectivity index (χ4n) is 3.99. The predicted molar refractivity (Wildman–Crippen MR) is 121 cm³/mol. The molecule has 1 aliphatic rings. The summed E-state index contributed by atoms with van der Waals surface area (Å²) < 4.78 is 19.0. The van der Waals surface area contributed by atoms with Gasteiger partial charge < -0.3 is 14.6 Å². The van der Waals surface area contributed by atoms with Crippen LogP contribution >= 0.6 is 0 Å². The van der Waals surface area contributed by atoms with Crippen LogP contribution in [0.4, 0.5) is 10.2 Å². The number of hydrogen-bond acceptors (Lipinski definition) is 5. The molecule has 0 bridgehead atoms. The number of nitrogens with zero attached hydrogens (tertiary/aromatic N) is 3. The molecule has 0 saturated carbocycles. The van der Waals surface area contributed by atoms with Crippen molar-refractivity contribution >= 4 is 39.5 Å². The second kappa shape index (κ2) is 8.25. The van der Waals surface area contributed by atoms with E-state index in [4.69, 9.17) is 9.72 Å². The molecule has 0 unspecified atom stereocenters. The number of nitriles is 1. The van der Waals surface area contributed by atoms with Crippen LogP contribution in [0, 0.1) is 17.1 Å². The number of halogens is 1. The minimum atomic E-state index is -0.425. The number of ether oxygens (including phenoxy) is 1. The lowest BCUT2D eigenvalue weighted by molar-refractivity contribution is 0.104. The number of Topliss-reactive ketones (excluding diaryl/α,β-unsaturated/α-hetero) is 1. The molecular weight excluding hydrogens is 407 g/mol. The summed E-state index contributed by atoms with van der Waals surface area (Å²) in [5.41, 5.74) is 2.36. The third kappa shape index (κ3) is 3.61. The van der Waals surface area contributed by atoms with Gasteiger partial charge in [-0.15, -0.1) is 0 Å². The molecule has 6 nitrogen and oxygen atoms in total. The van der Waals surface area contributed by atoms with E-state index in [1.165, 1.54) is 18.3 Å².